The topological polar surface area (TPSA) is 29.3 Å². The number of hydrogen-bond acceptors (Lipinski definition) is 2. The summed E-state index contributed by atoms with van der Waals surface area (Å²) in [5, 5.41) is 0.777. The molecule has 0 amide bonds. The van der Waals surface area contributed by atoms with Crippen LogP contribution in [0.5, 0.6) is 0 Å². The van der Waals surface area contributed by atoms with Gasteiger partial charge in [-0.25, -0.2) is 0 Å². The molecule has 0 saturated carbocycles. The van der Waals surface area contributed by atoms with Crippen LogP contribution in [0.25, 0.3) is 0 Å². The SMILES string of the molecule is CC(N(C)c1cc(Cl)ccc1CCN)C(C)(C)C. The zero-order chi connectivity index (χ0) is 13.9. The van der Waals surface area contributed by atoms with E-state index in [1.807, 2.05) is 12.1 Å². The standard InChI is InChI=1S/C15H25ClN2/c1-11(15(2,3)4)18(5)14-10-13(16)7-6-12(14)8-9-17/h6-7,10-11H,8-9,17H2,1-5H3. The molecular weight excluding hydrogens is 244 g/mol. The molecule has 0 aliphatic carbocycles. The lowest BCUT2D eigenvalue weighted by atomic mass is 9.86. The van der Waals surface area contributed by atoms with E-state index in [0.29, 0.717) is 12.6 Å². The van der Waals surface area contributed by atoms with Gasteiger partial charge in [0.05, 0.1) is 0 Å². The molecule has 0 heterocycles. The maximum atomic E-state index is 6.12. The van der Waals surface area contributed by atoms with Crippen LogP contribution < -0.4 is 10.6 Å². The molecule has 18 heavy (non-hydrogen) atoms. The maximum absolute atomic E-state index is 6.12. The highest BCUT2D eigenvalue weighted by Crippen LogP contribution is 2.31. The van der Waals surface area contributed by atoms with Gasteiger partial charge in [0.2, 0.25) is 0 Å². The molecule has 1 aromatic rings. The van der Waals surface area contributed by atoms with Crippen molar-refractivity contribution < 1.29 is 0 Å². The lowest BCUT2D eigenvalue weighted by molar-refractivity contribution is 0.329. The number of anilines is 1. The van der Waals surface area contributed by atoms with Crippen molar-refractivity contribution in [2.24, 2.45) is 11.1 Å². The molecule has 0 aliphatic rings. The Morgan fingerprint density at radius 3 is 2.44 bits per heavy atom. The van der Waals surface area contributed by atoms with Crippen LogP contribution in [0.15, 0.2) is 18.2 Å². The van der Waals surface area contributed by atoms with Gasteiger partial charge in [0.25, 0.3) is 0 Å². The van der Waals surface area contributed by atoms with Gasteiger partial charge in [0, 0.05) is 23.8 Å². The van der Waals surface area contributed by atoms with Crippen molar-refractivity contribution in [1.82, 2.24) is 0 Å². The van der Waals surface area contributed by atoms with Crippen LogP contribution in [-0.4, -0.2) is 19.6 Å². The van der Waals surface area contributed by atoms with Crippen LogP contribution >= 0.6 is 11.6 Å². The second kappa shape index (κ2) is 5.94. The Bertz CT molecular complexity index is 396. The van der Waals surface area contributed by atoms with E-state index in [9.17, 15) is 0 Å². The van der Waals surface area contributed by atoms with Crippen molar-refractivity contribution in [2.75, 3.05) is 18.5 Å². The molecule has 102 valence electrons. The Morgan fingerprint density at radius 2 is 1.94 bits per heavy atom. The van der Waals surface area contributed by atoms with Crippen LogP contribution in [0.4, 0.5) is 5.69 Å². The summed E-state index contributed by atoms with van der Waals surface area (Å²) in [6.07, 6.45) is 0.883. The van der Waals surface area contributed by atoms with E-state index in [2.05, 4.69) is 45.7 Å². The Morgan fingerprint density at radius 1 is 1.33 bits per heavy atom. The van der Waals surface area contributed by atoms with E-state index in [0.717, 1.165) is 11.4 Å². The van der Waals surface area contributed by atoms with Crippen molar-refractivity contribution in [3.63, 3.8) is 0 Å². The lowest BCUT2D eigenvalue weighted by Gasteiger charge is -2.38. The molecule has 2 nitrogen and oxygen atoms in total. The molecule has 0 spiro atoms. The quantitative estimate of drug-likeness (QED) is 0.902. The Hall–Kier alpha value is -0.730. The first-order valence-corrected chi connectivity index (χ1v) is 6.86. The minimum absolute atomic E-state index is 0.219. The second-order valence-electron chi connectivity index (χ2n) is 5.96. The molecule has 0 aliphatic heterocycles. The third-order valence-corrected chi connectivity index (χ3v) is 3.91. The fraction of sp³-hybridized carbons (Fsp3) is 0.600. The zero-order valence-corrected chi connectivity index (χ0v) is 12.9. The summed E-state index contributed by atoms with van der Waals surface area (Å²) in [5.41, 5.74) is 8.35. The summed E-state index contributed by atoms with van der Waals surface area (Å²) in [6, 6.07) is 6.48. The first kappa shape index (κ1) is 15.3. The fourth-order valence-electron chi connectivity index (χ4n) is 2.02. The number of hydrogen-bond donors (Lipinski definition) is 1. The van der Waals surface area contributed by atoms with Gasteiger partial charge in [-0.15, -0.1) is 0 Å². The third-order valence-electron chi connectivity index (χ3n) is 3.68. The fourth-order valence-corrected chi connectivity index (χ4v) is 2.19. The number of halogens is 1. The average molecular weight is 269 g/mol. The molecule has 1 aromatic carbocycles. The number of nitrogens with zero attached hydrogens (tertiary/aromatic N) is 1. The molecule has 0 aromatic heterocycles. The number of nitrogens with two attached hydrogens (primary N) is 1. The normalized spacial score (nSPS) is 13.5. The molecule has 0 saturated heterocycles. The van der Waals surface area contributed by atoms with E-state index in [1.54, 1.807) is 0 Å². The molecule has 0 radical (unpaired) electrons. The minimum atomic E-state index is 0.219. The smallest absolute Gasteiger partial charge is 0.0426 e. The van der Waals surface area contributed by atoms with Crippen LogP contribution in [-0.2, 0) is 6.42 Å². The first-order valence-electron chi connectivity index (χ1n) is 6.48. The van der Waals surface area contributed by atoms with Crippen molar-refractivity contribution in [2.45, 2.75) is 40.2 Å². The van der Waals surface area contributed by atoms with Gasteiger partial charge in [0.1, 0.15) is 0 Å². The second-order valence-corrected chi connectivity index (χ2v) is 6.40. The van der Waals surface area contributed by atoms with E-state index in [4.69, 9.17) is 17.3 Å². The van der Waals surface area contributed by atoms with Gasteiger partial charge in [-0.3, -0.25) is 0 Å². The summed E-state index contributed by atoms with van der Waals surface area (Å²) < 4.78 is 0. The summed E-state index contributed by atoms with van der Waals surface area (Å²) in [7, 11) is 2.13. The highest BCUT2D eigenvalue weighted by Gasteiger charge is 2.25. The van der Waals surface area contributed by atoms with Crippen LogP contribution in [0.2, 0.25) is 5.02 Å². The van der Waals surface area contributed by atoms with Crippen molar-refractivity contribution in [1.29, 1.82) is 0 Å². The molecule has 1 atom stereocenters. The monoisotopic (exact) mass is 268 g/mol. The number of rotatable bonds is 4. The highest BCUT2D eigenvalue weighted by atomic mass is 35.5. The zero-order valence-electron chi connectivity index (χ0n) is 12.1. The van der Waals surface area contributed by atoms with Crippen LogP contribution in [0.3, 0.4) is 0 Å². The van der Waals surface area contributed by atoms with E-state index >= 15 is 0 Å². The third kappa shape index (κ3) is 3.63. The summed E-state index contributed by atoms with van der Waals surface area (Å²) in [5.74, 6) is 0. The van der Waals surface area contributed by atoms with Crippen LogP contribution in [0.1, 0.15) is 33.3 Å². The van der Waals surface area contributed by atoms with E-state index in [-0.39, 0.29) is 5.41 Å². The Labute approximate surface area is 116 Å². The predicted molar refractivity (Wildman–Crippen MR) is 81.5 cm³/mol. The summed E-state index contributed by atoms with van der Waals surface area (Å²) in [6.45, 7) is 9.66. The van der Waals surface area contributed by atoms with Crippen molar-refractivity contribution in [3.8, 4) is 0 Å². The molecule has 3 heteroatoms. The molecule has 0 bridgehead atoms. The first-order chi connectivity index (χ1) is 8.27. The lowest BCUT2D eigenvalue weighted by Crippen LogP contribution is -2.39. The largest absolute Gasteiger partial charge is 0.371 e. The highest BCUT2D eigenvalue weighted by molar-refractivity contribution is 6.30. The Balaban J connectivity index is 3.10. The maximum Gasteiger partial charge on any atom is 0.0426 e. The Kier molecular flexibility index (Phi) is 5.06. The minimum Gasteiger partial charge on any atom is -0.371 e. The average Bonchev–Trinajstić information content (AvgIpc) is 2.28. The van der Waals surface area contributed by atoms with E-state index in [1.165, 1.54) is 11.3 Å². The summed E-state index contributed by atoms with van der Waals surface area (Å²) in [4.78, 5) is 2.30. The molecule has 1 unspecified atom stereocenters. The van der Waals surface area contributed by atoms with Crippen molar-refractivity contribution >= 4 is 17.3 Å². The van der Waals surface area contributed by atoms with Crippen LogP contribution in [0, 0.1) is 5.41 Å². The summed E-state index contributed by atoms with van der Waals surface area (Å²) >= 11 is 6.12. The molecule has 2 N–H and O–H groups in total. The van der Waals surface area contributed by atoms with Gasteiger partial charge in [0.15, 0.2) is 0 Å². The van der Waals surface area contributed by atoms with Gasteiger partial charge in [-0.2, -0.15) is 0 Å². The molecule has 1 rings (SSSR count). The van der Waals surface area contributed by atoms with Crippen molar-refractivity contribution in [3.05, 3.63) is 28.8 Å². The molecular formula is C15H25ClN2. The molecule has 0 fully saturated rings. The van der Waals surface area contributed by atoms with Gasteiger partial charge < -0.3 is 10.6 Å². The predicted octanol–water partition coefficient (Wildman–Crippen LogP) is 3.71. The van der Waals surface area contributed by atoms with Gasteiger partial charge in [-0.05, 0) is 43.0 Å². The van der Waals surface area contributed by atoms with E-state index < -0.39 is 0 Å². The van der Waals surface area contributed by atoms with Gasteiger partial charge in [-0.1, -0.05) is 38.4 Å². The number of benzene rings is 1. The van der Waals surface area contributed by atoms with Gasteiger partial charge >= 0.3 is 0 Å².